The number of anilines is 2. The van der Waals surface area contributed by atoms with E-state index in [1.807, 2.05) is 0 Å². The van der Waals surface area contributed by atoms with Gasteiger partial charge in [-0.2, -0.15) is 0 Å². The zero-order chi connectivity index (χ0) is 14.5. The minimum Gasteiger partial charge on any atom is -0.370 e. The third kappa shape index (κ3) is 3.22. The van der Waals surface area contributed by atoms with Gasteiger partial charge in [0.25, 0.3) is 0 Å². The molecule has 1 atom stereocenters. The second-order valence-electron chi connectivity index (χ2n) is 6.01. The lowest BCUT2D eigenvalue weighted by Gasteiger charge is -2.35. The minimum absolute atomic E-state index is 0.433. The van der Waals surface area contributed by atoms with Gasteiger partial charge in [-0.15, -0.1) is 0 Å². The molecule has 2 heterocycles. The van der Waals surface area contributed by atoms with Crippen molar-refractivity contribution in [3.05, 3.63) is 11.9 Å². The van der Waals surface area contributed by atoms with Crippen LogP contribution in [0.5, 0.6) is 0 Å². The first-order valence-electron chi connectivity index (χ1n) is 8.01. The van der Waals surface area contributed by atoms with Crippen LogP contribution in [0.1, 0.15) is 58.4 Å². The van der Waals surface area contributed by atoms with E-state index in [4.69, 9.17) is 0 Å². The van der Waals surface area contributed by atoms with E-state index in [9.17, 15) is 0 Å². The molecule has 0 bridgehead atoms. The highest BCUT2D eigenvalue weighted by atomic mass is 15.2. The van der Waals surface area contributed by atoms with Crippen LogP contribution in [0.15, 0.2) is 6.33 Å². The van der Waals surface area contributed by atoms with E-state index < -0.39 is 0 Å². The van der Waals surface area contributed by atoms with Crippen LogP contribution in [0.3, 0.4) is 0 Å². The highest BCUT2D eigenvalue weighted by molar-refractivity contribution is 5.60. The van der Waals surface area contributed by atoms with Gasteiger partial charge in [0, 0.05) is 25.2 Å². The van der Waals surface area contributed by atoms with Gasteiger partial charge in [0.2, 0.25) is 0 Å². The Kier molecular flexibility index (Phi) is 5.21. The Morgan fingerprint density at radius 3 is 2.80 bits per heavy atom. The molecular weight excluding hydrogens is 248 g/mol. The van der Waals surface area contributed by atoms with Crippen LogP contribution in [0.25, 0.3) is 0 Å². The van der Waals surface area contributed by atoms with Crippen LogP contribution in [0, 0.1) is 5.92 Å². The predicted molar refractivity (Wildman–Crippen MR) is 85.5 cm³/mol. The molecule has 1 unspecified atom stereocenters. The number of hydrogen-bond donors (Lipinski definition) is 1. The average Bonchev–Trinajstić information content (AvgIpc) is 2.47. The van der Waals surface area contributed by atoms with Crippen LogP contribution in [-0.2, 0) is 0 Å². The third-order valence-electron chi connectivity index (χ3n) is 4.18. The van der Waals surface area contributed by atoms with E-state index in [-0.39, 0.29) is 0 Å². The Bertz CT molecular complexity index is 430. The second kappa shape index (κ2) is 6.91. The quantitative estimate of drug-likeness (QED) is 0.891. The summed E-state index contributed by atoms with van der Waals surface area (Å²) in [5, 5.41) is 3.38. The Balaban J connectivity index is 2.32. The molecule has 0 radical (unpaired) electrons. The van der Waals surface area contributed by atoms with Crippen LogP contribution in [0.2, 0.25) is 0 Å². The summed E-state index contributed by atoms with van der Waals surface area (Å²) >= 11 is 0. The average molecular weight is 276 g/mol. The van der Waals surface area contributed by atoms with E-state index >= 15 is 0 Å². The van der Waals surface area contributed by atoms with Crippen molar-refractivity contribution in [2.24, 2.45) is 5.92 Å². The zero-order valence-electron chi connectivity index (χ0n) is 13.3. The lowest BCUT2D eigenvalue weighted by Crippen LogP contribution is -2.36. The monoisotopic (exact) mass is 276 g/mol. The SMILES string of the molecule is CCNc1ncnc(N2CCCC(CC)C2)c1C(C)C. The van der Waals surface area contributed by atoms with Crippen LogP contribution < -0.4 is 10.2 Å². The Morgan fingerprint density at radius 1 is 1.35 bits per heavy atom. The molecule has 0 spiro atoms. The molecule has 0 aromatic carbocycles. The van der Waals surface area contributed by atoms with Crippen molar-refractivity contribution in [3.63, 3.8) is 0 Å². The minimum atomic E-state index is 0.433. The van der Waals surface area contributed by atoms with Gasteiger partial charge in [-0.05, 0) is 31.6 Å². The van der Waals surface area contributed by atoms with Gasteiger partial charge in [0.05, 0.1) is 0 Å². The molecule has 4 nitrogen and oxygen atoms in total. The van der Waals surface area contributed by atoms with Crippen LogP contribution in [0.4, 0.5) is 11.6 Å². The molecule has 1 saturated heterocycles. The smallest absolute Gasteiger partial charge is 0.137 e. The van der Waals surface area contributed by atoms with Crippen molar-refractivity contribution in [3.8, 4) is 0 Å². The summed E-state index contributed by atoms with van der Waals surface area (Å²) in [5.74, 6) is 3.39. The predicted octanol–water partition coefficient (Wildman–Crippen LogP) is 3.66. The summed E-state index contributed by atoms with van der Waals surface area (Å²) in [4.78, 5) is 11.5. The lowest BCUT2D eigenvalue weighted by atomic mass is 9.94. The van der Waals surface area contributed by atoms with Gasteiger partial charge in [0.1, 0.15) is 18.0 Å². The van der Waals surface area contributed by atoms with Gasteiger partial charge in [-0.3, -0.25) is 0 Å². The molecule has 2 rings (SSSR count). The molecule has 1 aromatic rings. The molecule has 4 heteroatoms. The second-order valence-corrected chi connectivity index (χ2v) is 6.01. The number of nitrogens with zero attached hydrogens (tertiary/aromatic N) is 3. The van der Waals surface area contributed by atoms with Gasteiger partial charge in [-0.25, -0.2) is 9.97 Å². The molecule has 0 aliphatic carbocycles. The van der Waals surface area contributed by atoms with Crippen LogP contribution in [-0.4, -0.2) is 29.6 Å². The summed E-state index contributed by atoms with van der Waals surface area (Å²) in [6.45, 7) is 12.0. The van der Waals surface area contributed by atoms with Gasteiger partial charge in [0.15, 0.2) is 0 Å². The summed E-state index contributed by atoms with van der Waals surface area (Å²) in [5.41, 5.74) is 1.27. The van der Waals surface area contributed by atoms with Gasteiger partial charge in [-0.1, -0.05) is 27.2 Å². The summed E-state index contributed by atoms with van der Waals surface area (Å²) in [6.07, 6.45) is 5.60. The van der Waals surface area contributed by atoms with Gasteiger partial charge < -0.3 is 10.2 Å². The maximum atomic E-state index is 4.61. The normalized spacial score (nSPS) is 19.4. The third-order valence-corrected chi connectivity index (χ3v) is 4.18. The van der Waals surface area contributed by atoms with Crippen molar-refractivity contribution in [2.75, 3.05) is 29.9 Å². The topological polar surface area (TPSA) is 41.1 Å². The van der Waals surface area contributed by atoms with Gasteiger partial charge >= 0.3 is 0 Å². The largest absolute Gasteiger partial charge is 0.370 e. The Labute approximate surface area is 123 Å². The van der Waals surface area contributed by atoms with Crippen molar-refractivity contribution in [1.29, 1.82) is 0 Å². The Morgan fingerprint density at radius 2 is 2.15 bits per heavy atom. The fourth-order valence-electron chi connectivity index (χ4n) is 3.07. The van der Waals surface area contributed by atoms with Crippen molar-refractivity contribution < 1.29 is 0 Å². The molecular formula is C16H28N4. The lowest BCUT2D eigenvalue weighted by molar-refractivity contribution is 0.402. The summed E-state index contributed by atoms with van der Waals surface area (Å²) in [7, 11) is 0. The molecule has 112 valence electrons. The first-order chi connectivity index (χ1) is 9.67. The molecule has 1 fully saturated rings. The molecule has 1 aliphatic rings. The molecule has 0 saturated carbocycles. The van der Waals surface area contributed by atoms with E-state index in [0.29, 0.717) is 5.92 Å². The molecule has 0 amide bonds. The van der Waals surface area contributed by atoms with E-state index in [0.717, 1.165) is 37.2 Å². The maximum absolute atomic E-state index is 4.61. The first-order valence-corrected chi connectivity index (χ1v) is 8.01. The fraction of sp³-hybridized carbons (Fsp3) is 0.750. The first kappa shape index (κ1) is 15.1. The zero-order valence-corrected chi connectivity index (χ0v) is 13.3. The van der Waals surface area contributed by atoms with E-state index in [1.54, 1.807) is 6.33 Å². The highest BCUT2D eigenvalue weighted by Crippen LogP contribution is 2.33. The summed E-state index contributed by atoms with van der Waals surface area (Å²) in [6, 6.07) is 0. The molecule has 1 aliphatic heterocycles. The van der Waals surface area contributed by atoms with E-state index in [1.165, 1.54) is 24.8 Å². The summed E-state index contributed by atoms with van der Waals surface area (Å²) < 4.78 is 0. The van der Waals surface area contributed by atoms with Crippen LogP contribution >= 0.6 is 0 Å². The number of rotatable bonds is 5. The van der Waals surface area contributed by atoms with Crippen molar-refractivity contribution in [1.82, 2.24) is 9.97 Å². The molecule has 20 heavy (non-hydrogen) atoms. The number of piperidine rings is 1. The fourth-order valence-corrected chi connectivity index (χ4v) is 3.07. The van der Waals surface area contributed by atoms with Crippen molar-refractivity contribution in [2.45, 2.75) is 52.9 Å². The molecule has 1 N–H and O–H groups in total. The number of hydrogen-bond acceptors (Lipinski definition) is 4. The highest BCUT2D eigenvalue weighted by Gasteiger charge is 2.24. The number of aromatic nitrogens is 2. The van der Waals surface area contributed by atoms with E-state index in [2.05, 4.69) is 47.9 Å². The standard InChI is InChI=1S/C16H28N4/c1-5-13-8-7-9-20(10-13)16-14(12(3)4)15(17-6-2)18-11-19-16/h11-13H,5-10H2,1-4H3,(H,17,18,19). The molecule has 1 aromatic heterocycles. The van der Waals surface area contributed by atoms with Crippen molar-refractivity contribution >= 4 is 11.6 Å². The maximum Gasteiger partial charge on any atom is 0.137 e. The number of nitrogens with one attached hydrogen (secondary N) is 1. The Hall–Kier alpha value is -1.32.